The maximum atomic E-state index is 12.9. The highest BCUT2D eigenvalue weighted by atomic mass is 16.5. The van der Waals surface area contributed by atoms with Gasteiger partial charge in [0.1, 0.15) is 18.7 Å². The molecule has 2 N–H and O–H groups in total. The van der Waals surface area contributed by atoms with E-state index in [0.717, 1.165) is 0 Å². The number of nitrogens with zero attached hydrogens (tertiary/aromatic N) is 3. The van der Waals surface area contributed by atoms with Gasteiger partial charge in [-0.05, 0) is 64.1 Å². The lowest BCUT2D eigenvalue weighted by Gasteiger charge is -2.17. The topological polar surface area (TPSA) is 117 Å². The number of aromatic nitrogens is 3. The first-order valence-electron chi connectivity index (χ1n) is 11.1. The highest BCUT2D eigenvalue weighted by Gasteiger charge is 2.19. The fourth-order valence-electron chi connectivity index (χ4n) is 3.14. The van der Waals surface area contributed by atoms with Gasteiger partial charge in [-0.25, -0.2) is 9.67 Å². The number of ether oxygens (including phenoxy) is 3. The average molecular weight is 468 g/mol. The molecule has 0 saturated carbocycles. The Labute approximate surface area is 198 Å². The zero-order valence-corrected chi connectivity index (χ0v) is 19.7. The summed E-state index contributed by atoms with van der Waals surface area (Å²) in [6.45, 7) is 8.58. The van der Waals surface area contributed by atoms with Crippen molar-refractivity contribution in [2.24, 2.45) is 0 Å². The highest BCUT2D eigenvalue weighted by molar-refractivity contribution is 6.05. The molecule has 1 heterocycles. The molecule has 0 radical (unpaired) electrons. The summed E-state index contributed by atoms with van der Waals surface area (Å²) in [6.07, 6.45) is 2.86. The lowest BCUT2D eigenvalue weighted by atomic mass is 10.1. The van der Waals surface area contributed by atoms with Gasteiger partial charge in [-0.2, -0.15) is 5.10 Å². The van der Waals surface area contributed by atoms with Gasteiger partial charge in [0.15, 0.2) is 11.5 Å². The van der Waals surface area contributed by atoms with Gasteiger partial charge in [0.2, 0.25) is 11.7 Å². The first-order chi connectivity index (χ1) is 16.5. The van der Waals surface area contributed by atoms with Crippen molar-refractivity contribution in [3.63, 3.8) is 0 Å². The minimum absolute atomic E-state index is 0.233. The number of hydrogen-bond donors (Lipinski definition) is 2. The summed E-state index contributed by atoms with van der Waals surface area (Å²) in [6, 6.07) is 9.57. The smallest absolute Gasteiger partial charge is 0.255 e. The summed E-state index contributed by atoms with van der Waals surface area (Å²) in [5.74, 6) is 0.799. The zero-order chi connectivity index (χ0) is 24.5. The molecule has 2 amide bonds. The predicted molar refractivity (Wildman–Crippen MR) is 128 cm³/mol. The molecule has 1 unspecified atom stereocenters. The first kappa shape index (κ1) is 24.6. The van der Waals surface area contributed by atoms with Crippen molar-refractivity contribution < 1.29 is 23.8 Å². The van der Waals surface area contributed by atoms with Gasteiger partial charge in [-0.1, -0.05) is 0 Å². The Morgan fingerprint density at radius 3 is 1.97 bits per heavy atom. The number of hydrogen-bond acceptors (Lipinski definition) is 7. The third-order valence-corrected chi connectivity index (χ3v) is 4.79. The fourth-order valence-corrected chi connectivity index (χ4v) is 3.14. The van der Waals surface area contributed by atoms with Crippen LogP contribution in [-0.4, -0.2) is 46.4 Å². The Balaban J connectivity index is 1.72. The molecular formula is C24H29N5O5. The largest absolute Gasteiger partial charge is 0.490 e. The van der Waals surface area contributed by atoms with Gasteiger partial charge in [0.25, 0.3) is 5.91 Å². The van der Waals surface area contributed by atoms with Gasteiger partial charge in [-0.15, -0.1) is 0 Å². The molecule has 3 rings (SSSR count). The summed E-state index contributed by atoms with van der Waals surface area (Å²) in [7, 11) is 0. The number of amides is 2. The van der Waals surface area contributed by atoms with Gasteiger partial charge in [0, 0.05) is 16.9 Å². The van der Waals surface area contributed by atoms with Crippen LogP contribution in [0.15, 0.2) is 49.1 Å². The van der Waals surface area contributed by atoms with Crippen LogP contribution in [0.3, 0.4) is 0 Å². The Morgan fingerprint density at radius 2 is 1.47 bits per heavy atom. The van der Waals surface area contributed by atoms with E-state index in [1.807, 2.05) is 20.8 Å². The monoisotopic (exact) mass is 467 g/mol. The molecule has 2 aromatic carbocycles. The Bertz CT molecular complexity index is 1070. The van der Waals surface area contributed by atoms with Crippen molar-refractivity contribution in [2.75, 3.05) is 30.5 Å². The third-order valence-electron chi connectivity index (χ3n) is 4.79. The molecule has 1 aromatic heterocycles. The van der Waals surface area contributed by atoms with Crippen LogP contribution in [-0.2, 0) is 4.79 Å². The van der Waals surface area contributed by atoms with Gasteiger partial charge in [0.05, 0.1) is 19.8 Å². The van der Waals surface area contributed by atoms with E-state index in [4.69, 9.17) is 14.2 Å². The van der Waals surface area contributed by atoms with E-state index in [0.29, 0.717) is 54.0 Å². The minimum Gasteiger partial charge on any atom is -0.490 e. The second-order valence-corrected chi connectivity index (χ2v) is 7.17. The Kier molecular flexibility index (Phi) is 8.44. The summed E-state index contributed by atoms with van der Waals surface area (Å²) >= 11 is 0. The minimum atomic E-state index is -0.513. The number of carbonyl (C=O) groups is 2. The van der Waals surface area contributed by atoms with Crippen molar-refractivity contribution in [2.45, 2.75) is 33.7 Å². The number of nitrogens with one attached hydrogen (secondary N) is 2. The van der Waals surface area contributed by atoms with E-state index in [1.54, 1.807) is 43.3 Å². The number of rotatable bonds is 11. The van der Waals surface area contributed by atoms with Crippen LogP contribution in [0.25, 0.3) is 0 Å². The maximum Gasteiger partial charge on any atom is 0.255 e. The van der Waals surface area contributed by atoms with Crippen molar-refractivity contribution >= 4 is 23.2 Å². The van der Waals surface area contributed by atoms with Crippen LogP contribution in [0.1, 0.15) is 44.1 Å². The van der Waals surface area contributed by atoms with Crippen molar-refractivity contribution in [3.05, 3.63) is 54.6 Å². The average Bonchev–Trinajstić information content (AvgIpc) is 3.37. The van der Waals surface area contributed by atoms with Gasteiger partial charge >= 0.3 is 0 Å². The summed E-state index contributed by atoms with van der Waals surface area (Å²) in [4.78, 5) is 29.2. The van der Waals surface area contributed by atoms with Gasteiger partial charge < -0.3 is 24.8 Å². The quantitative estimate of drug-likeness (QED) is 0.439. The van der Waals surface area contributed by atoms with E-state index < -0.39 is 6.04 Å². The second-order valence-electron chi connectivity index (χ2n) is 7.17. The standard InChI is InChI=1S/C24H29N5O5/c1-5-32-20-12-17(13-21(33-6-2)22(20)34-7-3)24(31)28-19-10-8-18(9-11-19)27-23(30)16(4)29-15-25-14-26-29/h8-16H,5-7H2,1-4H3,(H,27,30)(H,28,31). The van der Waals surface area contributed by atoms with Crippen LogP contribution < -0.4 is 24.8 Å². The number of carbonyl (C=O) groups excluding carboxylic acids is 2. The molecule has 0 aliphatic heterocycles. The van der Waals surface area contributed by atoms with Gasteiger partial charge in [-0.3, -0.25) is 9.59 Å². The third kappa shape index (κ3) is 6.03. The van der Waals surface area contributed by atoms with E-state index in [1.165, 1.54) is 17.3 Å². The molecule has 0 aliphatic rings. The molecule has 0 fully saturated rings. The summed E-state index contributed by atoms with van der Waals surface area (Å²) in [5.41, 5.74) is 1.53. The molecule has 0 spiro atoms. The molecule has 34 heavy (non-hydrogen) atoms. The maximum absolute atomic E-state index is 12.9. The molecule has 3 aromatic rings. The zero-order valence-electron chi connectivity index (χ0n) is 19.7. The van der Waals surface area contributed by atoms with Crippen LogP contribution in [0.2, 0.25) is 0 Å². The normalized spacial score (nSPS) is 11.4. The molecular weight excluding hydrogens is 438 g/mol. The Hall–Kier alpha value is -4.08. The van der Waals surface area contributed by atoms with Crippen LogP contribution in [0.4, 0.5) is 11.4 Å². The SMILES string of the molecule is CCOc1cc(C(=O)Nc2ccc(NC(=O)C(C)n3cncn3)cc2)cc(OCC)c1OCC. The molecule has 1 atom stereocenters. The molecule has 10 nitrogen and oxygen atoms in total. The van der Waals surface area contributed by atoms with Crippen LogP contribution in [0.5, 0.6) is 17.2 Å². The van der Waals surface area contributed by atoms with E-state index in [2.05, 4.69) is 20.7 Å². The lowest BCUT2D eigenvalue weighted by molar-refractivity contribution is -0.119. The summed E-state index contributed by atoms with van der Waals surface area (Å²) < 4.78 is 18.5. The molecule has 0 bridgehead atoms. The Morgan fingerprint density at radius 1 is 0.912 bits per heavy atom. The van der Waals surface area contributed by atoms with Crippen molar-refractivity contribution in [3.8, 4) is 17.2 Å². The molecule has 180 valence electrons. The number of benzene rings is 2. The lowest BCUT2D eigenvalue weighted by Crippen LogP contribution is -2.24. The van der Waals surface area contributed by atoms with Crippen molar-refractivity contribution in [1.82, 2.24) is 14.8 Å². The van der Waals surface area contributed by atoms with Crippen LogP contribution in [0, 0.1) is 0 Å². The molecule has 0 saturated heterocycles. The molecule has 0 aliphatic carbocycles. The highest BCUT2D eigenvalue weighted by Crippen LogP contribution is 2.39. The fraction of sp³-hybridized carbons (Fsp3) is 0.333. The van der Waals surface area contributed by atoms with E-state index >= 15 is 0 Å². The predicted octanol–water partition coefficient (Wildman–Crippen LogP) is 3.93. The number of anilines is 2. The van der Waals surface area contributed by atoms with Crippen molar-refractivity contribution in [1.29, 1.82) is 0 Å². The van der Waals surface area contributed by atoms with Crippen LogP contribution >= 0.6 is 0 Å². The second kappa shape index (κ2) is 11.7. The molecule has 10 heteroatoms. The van der Waals surface area contributed by atoms with E-state index in [9.17, 15) is 9.59 Å². The summed E-state index contributed by atoms with van der Waals surface area (Å²) in [5, 5.41) is 9.64. The first-order valence-corrected chi connectivity index (χ1v) is 11.1. The van der Waals surface area contributed by atoms with E-state index in [-0.39, 0.29) is 11.8 Å².